The minimum Gasteiger partial charge on any atom is -0.477 e. The van der Waals surface area contributed by atoms with E-state index in [0.717, 1.165) is 52.7 Å². The third-order valence-corrected chi connectivity index (χ3v) is 9.21. The summed E-state index contributed by atoms with van der Waals surface area (Å²) < 4.78 is 40.8. The molecule has 0 aliphatic heterocycles. The second kappa shape index (κ2) is 9.92. The van der Waals surface area contributed by atoms with Crippen molar-refractivity contribution in [3.8, 4) is 11.3 Å². The van der Waals surface area contributed by atoms with Gasteiger partial charge in [0.05, 0.1) is 28.0 Å². The number of aliphatic hydroxyl groups is 1. The number of halogens is 3. The highest BCUT2D eigenvalue weighted by molar-refractivity contribution is 7.18. The van der Waals surface area contributed by atoms with Crippen LogP contribution in [-0.4, -0.2) is 32.4 Å². The SMILES string of the molecule is Cc1cccc(Cl)c1-c1noc(C2CC2)c1CO[C@H]1CC[C@](O)(c2nc3cc(F)c(C(=O)O)c(F)c3s2)CC1. The van der Waals surface area contributed by atoms with Crippen molar-refractivity contribution in [2.45, 2.75) is 69.7 Å². The lowest BCUT2D eigenvalue weighted by Crippen LogP contribution is -2.34. The summed E-state index contributed by atoms with van der Waals surface area (Å²) in [6, 6.07) is 6.59. The molecule has 2 aliphatic rings. The Morgan fingerprint density at radius 2 is 2.00 bits per heavy atom. The smallest absolute Gasteiger partial charge is 0.341 e. The highest BCUT2D eigenvalue weighted by atomic mass is 35.5. The molecule has 2 aliphatic carbocycles. The predicted octanol–water partition coefficient (Wildman–Crippen LogP) is 7.11. The molecule has 2 aromatic carbocycles. The van der Waals surface area contributed by atoms with E-state index in [1.165, 1.54) is 0 Å². The van der Waals surface area contributed by atoms with Crippen molar-refractivity contribution in [1.29, 1.82) is 0 Å². The second-order valence-corrected chi connectivity index (χ2v) is 11.7. The molecule has 2 N–H and O–H groups in total. The number of carboxylic acids is 1. The molecule has 2 saturated carbocycles. The van der Waals surface area contributed by atoms with Crippen LogP contribution in [0.25, 0.3) is 21.5 Å². The van der Waals surface area contributed by atoms with Crippen LogP contribution in [0, 0.1) is 18.6 Å². The number of ether oxygens (including phenoxy) is 1. The lowest BCUT2D eigenvalue weighted by atomic mass is 9.83. The molecule has 0 saturated heterocycles. The Morgan fingerprint density at radius 1 is 1.26 bits per heavy atom. The van der Waals surface area contributed by atoms with Crippen molar-refractivity contribution in [1.82, 2.24) is 10.1 Å². The Bertz CT molecular complexity index is 1570. The van der Waals surface area contributed by atoms with E-state index in [1.807, 2.05) is 25.1 Å². The summed E-state index contributed by atoms with van der Waals surface area (Å²) in [5.74, 6) is -2.90. The molecule has 2 aromatic heterocycles. The number of fused-ring (bicyclic) bond motifs is 1. The molecule has 6 rings (SSSR count). The molecule has 39 heavy (non-hydrogen) atoms. The predicted molar refractivity (Wildman–Crippen MR) is 141 cm³/mol. The van der Waals surface area contributed by atoms with Crippen molar-refractivity contribution in [2.24, 2.45) is 0 Å². The molecule has 0 bridgehead atoms. The molecule has 0 unspecified atom stereocenters. The quantitative estimate of drug-likeness (QED) is 0.242. The number of aromatic nitrogens is 2. The zero-order valence-corrected chi connectivity index (χ0v) is 22.5. The summed E-state index contributed by atoms with van der Waals surface area (Å²) in [6.07, 6.45) is 3.60. The molecule has 4 aromatic rings. The fraction of sp³-hybridized carbons (Fsp3) is 0.393. The van der Waals surface area contributed by atoms with Gasteiger partial charge in [-0.2, -0.15) is 0 Å². The van der Waals surface area contributed by atoms with Crippen LogP contribution in [-0.2, 0) is 16.9 Å². The van der Waals surface area contributed by atoms with Crippen LogP contribution in [0.3, 0.4) is 0 Å². The molecule has 0 radical (unpaired) electrons. The average Bonchev–Trinajstić information content (AvgIpc) is 3.50. The van der Waals surface area contributed by atoms with Crippen LogP contribution in [0.5, 0.6) is 0 Å². The summed E-state index contributed by atoms with van der Waals surface area (Å²) in [7, 11) is 0. The maximum atomic E-state index is 14.7. The van der Waals surface area contributed by atoms with Gasteiger partial charge in [0.25, 0.3) is 0 Å². The maximum Gasteiger partial charge on any atom is 0.341 e. The van der Waals surface area contributed by atoms with E-state index in [-0.39, 0.29) is 21.3 Å². The molecule has 0 atom stereocenters. The van der Waals surface area contributed by atoms with Gasteiger partial charge >= 0.3 is 5.97 Å². The van der Waals surface area contributed by atoms with Gasteiger partial charge in [0.1, 0.15) is 33.4 Å². The number of rotatable bonds is 7. The number of hydrogen-bond donors (Lipinski definition) is 2. The van der Waals surface area contributed by atoms with E-state index in [2.05, 4.69) is 10.1 Å². The number of hydrogen-bond acceptors (Lipinski definition) is 7. The van der Waals surface area contributed by atoms with Crippen LogP contribution < -0.4 is 0 Å². The standard InChI is InChI=1S/C28H25ClF2N2O5S/c1-13-3-2-4-17(29)20(13)23-16(24(38-33-23)14-5-6-14)12-37-15-7-9-28(36,10-8-15)27-32-19-11-18(30)21(26(34)35)22(31)25(19)39-27/h2-4,11,14-15,36H,5-10,12H2,1H3,(H,34,35)/t15-,28+. The molecule has 0 spiro atoms. The minimum atomic E-state index is -1.69. The van der Waals surface area contributed by atoms with Gasteiger partial charge in [-0.1, -0.05) is 28.9 Å². The van der Waals surface area contributed by atoms with Gasteiger partial charge in [0.2, 0.25) is 0 Å². The van der Waals surface area contributed by atoms with Crippen LogP contribution in [0.4, 0.5) is 8.78 Å². The number of aromatic carboxylic acids is 1. The highest BCUT2D eigenvalue weighted by Gasteiger charge is 2.39. The number of nitrogens with zero attached hydrogens (tertiary/aromatic N) is 2. The highest BCUT2D eigenvalue weighted by Crippen LogP contribution is 2.46. The summed E-state index contributed by atoms with van der Waals surface area (Å²) >= 11 is 7.38. The molecule has 2 heterocycles. The number of carbonyl (C=O) groups is 1. The normalized spacial score (nSPS) is 21.5. The number of carboxylic acid groups (broad SMARTS) is 1. The first-order valence-corrected chi connectivity index (χ1v) is 14.0. The summed E-state index contributed by atoms with van der Waals surface area (Å²) in [4.78, 5) is 15.5. The van der Waals surface area contributed by atoms with Crippen molar-refractivity contribution < 1.29 is 33.0 Å². The van der Waals surface area contributed by atoms with E-state index in [4.69, 9.17) is 26.0 Å². The zero-order chi connectivity index (χ0) is 27.5. The van der Waals surface area contributed by atoms with Gasteiger partial charge in [-0.25, -0.2) is 18.6 Å². The van der Waals surface area contributed by atoms with Crippen LogP contribution in [0.1, 0.15) is 76.7 Å². The zero-order valence-electron chi connectivity index (χ0n) is 21.0. The van der Waals surface area contributed by atoms with E-state index in [0.29, 0.717) is 48.9 Å². The fourth-order valence-electron chi connectivity index (χ4n) is 5.30. The summed E-state index contributed by atoms with van der Waals surface area (Å²) in [6.45, 7) is 2.27. The third-order valence-electron chi connectivity index (χ3n) is 7.64. The average molecular weight is 575 g/mol. The lowest BCUT2D eigenvalue weighted by Gasteiger charge is -2.34. The van der Waals surface area contributed by atoms with E-state index in [9.17, 15) is 18.7 Å². The van der Waals surface area contributed by atoms with Crippen molar-refractivity contribution >= 4 is 39.1 Å². The number of thiazole rings is 1. The van der Waals surface area contributed by atoms with Crippen LogP contribution in [0.2, 0.25) is 5.02 Å². The Balaban J connectivity index is 1.19. The largest absolute Gasteiger partial charge is 0.477 e. The van der Waals surface area contributed by atoms with Gasteiger partial charge in [-0.15, -0.1) is 11.3 Å². The maximum absolute atomic E-state index is 14.7. The molecule has 11 heteroatoms. The van der Waals surface area contributed by atoms with Crippen LogP contribution >= 0.6 is 22.9 Å². The van der Waals surface area contributed by atoms with Crippen LogP contribution in [0.15, 0.2) is 28.8 Å². The molecular formula is C28H25ClF2N2O5S. The fourth-order valence-corrected chi connectivity index (χ4v) is 6.74. The van der Waals surface area contributed by atoms with E-state index in [1.54, 1.807) is 0 Å². The molecule has 7 nitrogen and oxygen atoms in total. The van der Waals surface area contributed by atoms with E-state index < -0.39 is 28.8 Å². The molecule has 2 fully saturated rings. The molecule has 204 valence electrons. The Kier molecular flexibility index (Phi) is 6.69. The molecular weight excluding hydrogens is 550 g/mol. The second-order valence-electron chi connectivity index (χ2n) is 10.3. The number of aryl methyl sites for hydroxylation is 1. The first kappa shape index (κ1) is 26.3. The first-order chi connectivity index (χ1) is 18.7. The van der Waals surface area contributed by atoms with Gasteiger partial charge in [0, 0.05) is 23.1 Å². The van der Waals surface area contributed by atoms with Gasteiger partial charge in [0.15, 0.2) is 5.82 Å². The van der Waals surface area contributed by atoms with Crippen molar-refractivity contribution in [3.05, 3.63) is 68.4 Å². The number of benzene rings is 2. The van der Waals surface area contributed by atoms with Crippen molar-refractivity contribution in [2.75, 3.05) is 0 Å². The molecule has 0 amide bonds. The lowest BCUT2D eigenvalue weighted by molar-refractivity contribution is -0.0640. The Morgan fingerprint density at radius 3 is 2.67 bits per heavy atom. The monoisotopic (exact) mass is 574 g/mol. The Labute approximate surface area is 231 Å². The van der Waals surface area contributed by atoms with Gasteiger partial charge in [-0.05, 0) is 57.1 Å². The van der Waals surface area contributed by atoms with Gasteiger partial charge in [-0.3, -0.25) is 0 Å². The first-order valence-electron chi connectivity index (χ1n) is 12.8. The van der Waals surface area contributed by atoms with Gasteiger partial charge < -0.3 is 19.5 Å². The third kappa shape index (κ3) is 4.73. The minimum absolute atomic E-state index is 0.00995. The van der Waals surface area contributed by atoms with E-state index >= 15 is 0 Å². The topological polar surface area (TPSA) is 106 Å². The summed E-state index contributed by atoms with van der Waals surface area (Å²) in [5, 5.41) is 25.7. The van der Waals surface area contributed by atoms with Crippen molar-refractivity contribution in [3.63, 3.8) is 0 Å². The Hall–Kier alpha value is -2.92. The summed E-state index contributed by atoms with van der Waals surface area (Å²) in [5.41, 5.74) is 1.04.